The van der Waals surface area contributed by atoms with Crippen molar-refractivity contribution in [1.82, 2.24) is 9.97 Å². The molecule has 0 spiro atoms. The number of nitrogens with zero attached hydrogens (tertiary/aromatic N) is 2. The van der Waals surface area contributed by atoms with Crippen LogP contribution in [0.15, 0.2) is 10.7 Å². The van der Waals surface area contributed by atoms with Crippen molar-refractivity contribution in [2.75, 3.05) is 0 Å². The van der Waals surface area contributed by atoms with Gasteiger partial charge >= 0.3 is 0 Å². The number of hydrogen-bond donors (Lipinski definition) is 0. The summed E-state index contributed by atoms with van der Waals surface area (Å²) >= 11 is 3.35. The molecule has 0 amide bonds. The molecule has 0 fully saturated rings. The highest BCUT2D eigenvalue weighted by Crippen LogP contribution is 2.19. The quantitative estimate of drug-likeness (QED) is 0.694. The predicted octanol–water partition coefficient (Wildman–Crippen LogP) is 2.16. The molecule has 0 bridgehead atoms. The third-order valence-corrected chi connectivity index (χ3v) is 1.81. The third kappa shape index (κ3) is 1.53. The smallest absolute Gasteiger partial charge is 0.198 e. The molecule has 0 saturated carbocycles. The minimum atomic E-state index is 0.425. The normalized spacial score (nSPS) is 10.4. The molecule has 2 nitrogen and oxygen atoms in total. The zero-order valence-corrected chi connectivity index (χ0v) is 7.51. The first-order valence-corrected chi connectivity index (χ1v) is 3.89. The Bertz CT molecular complexity index is 223. The van der Waals surface area contributed by atoms with Crippen LogP contribution in [0.1, 0.15) is 25.5 Å². The van der Waals surface area contributed by atoms with Gasteiger partial charge in [-0.25, -0.2) is 9.97 Å². The molecule has 0 aliphatic rings. The summed E-state index contributed by atoms with van der Waals surface area (Å²) < 4.78 is 0.959. The number of rotatable bonds is 1. The molecule has 1 radical (unpaired) electrons. The second kappa shape index (κ2) is 3.10. The van der Waals surface area contributed by atoms with Crippen LogP contribution in [0, 0.1) is 6.33 Å². The molecule has 1 aromatic rings. The lowest BCUT2D eigenvalue weighted by Crippen LogP contribution is -1.94. The maximum Gasteiger partial charge on any atom is 0.198 e. The molecule has 0 unspecified atom stereocenters. The second-order valence-electron chi connectivity index (χ2n) is 2.36. The van der Waals surface area contributed by atoms with Crippen molar-refractivity contribution < 1.29 is 0 Å². The molecule has 0 aliphatic carbocycles. The molecule has 1 rings (SSSR count). The van der Waals surface area contributed by atoms with Crippen LogP contribution in [0.3, 0.4) is 0 Å². The molecule has 0 saturated heterocycles. The maximum absolute atomic E-state index is 3.99. The molecule has 0 aromatic carbocycles. The monoisotopic (exact) mass is 199 g/mol. The Hall–Kier alpha value is -0.440. The first-order chi connectivity index (χ1) is 4.72. The van der Waals surface area contributed by atoms with Gasteiger partial charge in [-0.2, -0.15) is 0 Å². The van der Waals surface area contributed by atoms with E-state index in [0.29, 0.717) is 5.92 Å². The van der Waals surface area contributed by atoms with E-state index in [1.54, 1.807) is 6.20 Å². The summed E-state index contributed by atoms with van der Waals surface area (Å²) in [5, 5.41) is 0. The topological polar surface area (TPSA) is 25.8 Å². The van der Waals surface area contributed by atoms with E-state index in [1.165, 1.54) is 0 Å². The van der Waals surface area contributed by atoms with Gasteiger partial charge in [0.2, 0.25) is 0 Å². The fourth-order valence-electron chi connectivity index (χ4n) is 0.693. The van der Waals surface area contributed by atoms with Crippen LogP contribution in [-0.4, -0.2) is 9.97 Å². The molecular weight excluding hydrogens is 192 g/mol. The molecule has 0 N–H and O–H groups in total. The van der Waals surface area contributed by atoms with Gasteiger partial charge in [-0.05, 0) is 21.8 Å². The van der Waals surface area contributed by atoms with Crippen molar-refractivity contribution in [2.45, 2.75) is 19.8 Å². The standard InChI is InChI=1S/C7H8BrN2/c1-5(2)7-6(8)3-9-4-10-7/h3,5H,1-2H3. The summed E-state index contributed by atoms with van der Waals surface area (Å²) in [5.41, 5.74) is 1.01. The van der Waals surface area contributed by atoms with E-state index in [2.05, 4.69) is 46.1 Å². The molecular formula is C7H8BrN2. The average Bonchev–Trinajstić information content (AvgIpc) is 1.88. The van der Waals surface area contributed by atoms with Crippen LogP contribution < -0.4 is 0 Å². The van der Waals surface area contributed by atoms with E-state index in [-0.39, 0.29) is 0 Å². The Morgan fingerprint density at radius 2 is 2.30 bits per heavy atom. The van der Waals surface area contributed by atoms with Crippen molar-refractivity contribution in [2.24, 2.45) is 0 Å². The molecule has 10 heavy (non-hydrogen) atoms. The first kappa shape index (κ1) is 7.66. The Morgan fingerprint density at radius 3 is 2.70 bits per heavy atom. The van der Waals surface area contributed by atoms with Crippen molar-refractivity contribution >= 4 is 15.9 Å². The SMILES string of the molecule is CC(C)c1n[c]ncc1Br. The largest absolute Gasteiger partial charge is 0.233 e. The van der Waals surface area contributed by atoms with Crippen molar-refractivity contribution in [1.29, 1.82) is 0 Å². The molecule has 0 aliphatic heterocycles. The highest BCUT2D eigenvalue weighted by Gasteiger charge is 2.04. The van der Waals surface area contributed by atoms with Gasteiger partial charge in [-0.15, -0.1) is 0 Å². The molecule has 3 heteroatoms. The highest BCUT2D eigenvalue weighted by atomic mass is 79.9. The van der Waals surface area contributed by atoms with Crippen LogP contribution in [0.25, 0.3) is 0 Å². The van der Waals surface area contributed by atoms with E-state index < -0.39 is 0 Å². The third-order valence-electron chi connectivity index (χ3n) is 1.20. The summed E-state index contributed by atoms with van der Waals surface area (Å²) in [4.78, 5) is 7.74. The summed E-state index contributed by atoms with van der Waals surface area (Å²) in [5.74, 6) is 0.425. The Labute approximate surface area is 68.8 Å². The number of hydrogen-bond acceptors (Lipinski definition) is 2. The van der Waals surface area contributed by atoms with Crippen LogP contribution in [0.2, 0.25) is 0 Å². The van der Waals surface area contributed by atoms with Crippen LogP contribution in [-0.2, 0) is 0 Å². The fourth-order valence-corrected chi connectivity index (χ4v) is 1.34. The molecule has 1 aromatic heterocycles. The fraction of sp³-hybridized carbons (Fsp3) is 0.429. The highest BCUT2D eigenvalue weighted by molar-refractivity contribution is 9.10. The van der Waals surface area contributed by atoms with E-state index >= 15 is 0 Å². The summed E-state index contributed by atoms with van der Waals surface area (Å²) in [6.07, 6.45) is 4.26. The lowest BCUT2D eigenvalue weighted by molar-refractivity contribution is 0.804. The first-order valence-electron chi connectivity index (χ1n) is 3.10. The zero-order valence-electron chi connectivity index (χ0n) is 5.93. The number of halogens is 1. The predicted molar refractivity (Wildman–Crippen MR) is 42.7 cm³/mol. The lowest BCUT2D eigenvalue weighted by Gasteiger charge is -2.03. The van der Waals surface area contributed by atoms with Crippen LogP contribution in [0.4, 0.5) is 0 Å². The summed E-state index contributed by atoms with van der Waals surface area (Å²) in [6, 6.07) is 0. The molecule has 53 valence electrons. The Morgan fingerprint density at radius 1 is 1.60 bits per heavy atom. The number of aromatic nitrogens is 2. The van der Waals surface area contributed by atoms with Crippen LogP contribution >= 0.6 is 15.9 Å². The second-order valence-corrected chi connectivity index (χ2v) is 3.21. The van der Waals surface area contributed by atoms with Crippen molar-refractivity contribution in [3.05, 3.63) is 22.7 Å². The zero-order chi connectivity index (χ0) is 7.56. The minimum absolute atomic E-state index is 0.425. The van der Waals surface area contributed by atoms with Gasteiger partial charge in [0.25, 0.3) is 0 Å². The summed E-state index contributed by atoms with van der Waals surface area (Å²) in [6.45, 7) is 4.17. The molecule has 1 heterocycles. The van der Waals surface area contributed by atoms with Gasteiger partial charge < -0.3 is 0 Å². The lowest BCUT2D eigenvalue weighted by atomic mass is 10.1. The van der Waals surface area contributed by atoms with E-state index in [9.17, 15) is 0 Å². The van der Waals surface area contributed by atoms with E-state index in [0.717, 1.165) is 10.2 Å². The van der Waals surface area contributed by atoms with E-state index in [4.69, 9.17) is 0 Å². The van der Waals surface area contributed by atoms with Gasteiger partial charge in [0.05, 0.1) is 10.2 Å². The summed E-state index contributed by atoms with van der Waals surface area (Å²) in [7, 11) is 0. The van der Waals surface area contributed by atoms with Gasteiger partial charge in [0.1, 0.15) is 0 Å². The Kier molecular flexibility index (Phi) is 2.38. The van der Waals surface area contributed by atoms with Crippen molar-refractivity contribution in [3.63, 3.8) is 0 Å². The minimum Gasteiger partial charge on any atom is -0.233 e. The average molecular weight is 200 g/mol. The molecule has 0 atom stereocenters. The Balaban J connectivity index is 3.03. The van der Waals surface area contributed by atoms with Gasteiger partial charge in [0.15, 0.2) is 6.33 Å². The van der Waals surface area contributed by atoms with E-state index in [1.807, 2.05) is 0 Å². The van der Waals surface area contributed by atoms with Gasteiger partial charge in [0, 0.05) is 6.20 Å². The van der Waals surface area contributed by atoms with Crippen LogP contribution in [0.5, 0.6) is 0 Å². The maximum atomic E-state index is 3.99. The van der Waals surface area contributed by atoms with Crippen molar-refractivity contribution in [3.8, 4) is 0 Å². The van der Waals surface area contributed by atoms with Gasteiger partial charge in [-0.3, -0.25) is 0 Å². The van der Waals surface area contributed by atoms with Gasteiger partial charge in [-0.1, -0.05) is 13.8 Å².